The summed E-state index contributed by atoms with van der Waals surface area (Å²) in [7, 11) is 0. The number of aryl methyl sites for hydroxylation is 1. The molecule has 4 rings (SSSR count). The highest BCUT2D eigenvalue weighted by Gasteiger charge is 2.29. The van der Waals surface area contributed by atoms with Crippen LogP contribution in [0.25, 0.3) is 22.0 Å². The number of fused-ring (bicyclic) bond motifs is 1. The normalized spacial score (nSPS) is 17.0. The molecule has 6 nitrogen and oxygen atoms in total. The molecule has 172 valence electrons. The van der Waals surface area contributed by atoms with E-state index in [2.05, 4.69) is 30.1 Å². The number of amides is 1. The Morgan fingerprint density at radius 2 is 2.00 bits per heavy atom. The number of carbonyl (C=O) groups excluding carboxylic acids is 1. The largest absolute Gasteiger partial charge is 0.481 e. The maximum atomic E-state index is 12.9. The number of carboxylic acid groups (broad SMARTS) is 1. The minimum absolute atomic E-state index is 0.00156. The third-order valence-electron chi connectivity index (χ3n) is 6.36. The van der Waals surface area contributed by atoms with Gasteiger partial charge in [-0.15, -0.1) is 0 Å². The minimum atomic E-state index is -0.816. The van der Waals surface area contributed by atoms with Crippen LogP contribution in [-0.2, 0) is 16.0 Å². The van der Waals surface area contributed by atoms with E-state index in [9.17, 15) is 9.59 Å². The van der Waals surface area contributed by atoms with E-state index in [0.717, 1.165) is 35.7 Å². The molecule has 1 N–H and O–H groups in total. The van der Waals surface area contributed by atoms with Gasteiger partial charge >= 0.3 is 5.97 Å². The summed E-state index contributed by atoms with van der Waals surface area (Å²) in [5.74, 6) is -0.329. The molecule has 1 amide bonds. The van der Waals surface area contributed by atoms with E-state index in [-0.39, 0.29) is 18.2 Å². The number of aromatic nitrogens is 1. The monoisotopic (exact) mass is 446 g/mol. The Morgan fingerprint density at radius 1 is 1.18 bits per heavy atom. The number of carbonyl (C=O) groups is 2. The molecule has 6 heteroatoms. The SMILES string of the molecule is CCc1ccccc1-c1ccnc2cc(O[C@H](C)C(=O)N3CCC[C@H](CC(=O)O)C3)ccc12. The first-order chi connectivity index (χ1) is 16.0. The maximum absolute atomic E-state index is 12.9. The molecule has 1 saturated heterocycles. The highest BCUT2D eigenvalue weighted by atomic mass is 16.5. The number of benzene rings is 2. The molecule has 3 aromatic rings. The van der Waals surface area contributed by atoms with Crippen LogP contribution in [0.15, 0.2) is 54.7 Å². The summed E-state index contributed by atoms with van der Waals surface area (Å²) in [4.78, 5) is 30.3. The van der Waals surface area contributed by atoms with E-state index in [0.29, 0.717) is 18.8 Å². The second-order valence-corrected chi connectivity index (χ2v) is 8.70. The van der Waals surface area contributed by atoms with Crippen LogP contribution in [0.5, 0.6) is 5.75 Å². The molecule has 0 aliphatic carbocycles. The Bertz CT molecular complexity index is 1160. The molecular weight excluding hydrogens is 416 g/mol. The van der Waals surface area contributed by atoms with E-state index in [1.54, 1.807) is 18.0 Å². The number of pyridine rings is 1. The average Bonchev–Trinajstić information content (AvgIpc) is 2.82. The molecule has 1 aliphatic rings. The maximum Gasteiger partial charge on any atom is 0.303 e. The van der Waals surface area contributed by atoms with Gasteiger partial charge in [-0.1, -0.05) is 31.2 Å². The minimum Gasteiger partial charge on any atom is -0.481 e. The second-order valence-electron chi connectivity index (χ2n) is 8.70. The van der Waals surface area contributed by atoms with E-state index >= 15 is 0 Å². The number of likely N-dealkylation sites (tertiary alicyclic amines) is 1. The van der Waals surface area contributed by atoms with Crippen molar-refractivity contribution in [3.63, 3.8) is 0 Å². The summed E-state index contributed by atoms with van der Waals surface area (Å²) in [6.45, 7) is 5.01. The van der Waals surface area contributed by atoms with Gasteiger partial charge in [-0.3, -0.25) is 14.6 Å². The van der Waals surface area contributed by atoms with E-state index < -0.39 is 12.1 Å². The van der Waals surface area contributed by atoms with Crippen molar-refractivity contribution in [3.05, 3.63) is 60.3 Å². The van der Waals surface area contributed by atoms with Gasteiger partial charge in [0, 0.05) is 37.2 Å². The van der Waals surface area contributed by atoms with E-state index in [1.807, 2.05) is 30.3 Å². The fourth-order valence-electron chi connectivity index (χ4n) is 4.72. The third kappa shape index (κ3) is 5.16. The summed E-state index contributed by atoms with van der Waals surface area (Å²) in [5, 5.41) is 10.1. The molecule has 1 aliphatic heterocycles. The fourth-order valence-corrected chi connectivity index (χ4v) is 4.72. The Balaban J connectivity index is 1.51. The first kappa shape index (κ1) is 22.8. The molecule has 2 atom stereocenters. The molecule has 2 aromatic carbocycles. The van der Waals surface area contributed by atoms with Crippen molar-refractivity contribution in [2.75, 3.05) is 13.1 Å². The number of nitrogens with zero attached hydrogens (tertiary/aromatic N) is 2. The molecule has 0 unspecified atom stereocenters. The number of carboxylic acids is 1. The zero-order valence-corrected chi connectivity index (χ0v) is 19.2. The van der Waals surface area contributed by atoms with Gasteiger partial charge in [0.25, 0.3) is 5.91 Å². The predicted octanol–water partition coefficient (Wildman–Crippen LogP) is 4.94. The van der Waals surface area contributed by atoms with Gasteiger partial charge < -0.3 is 14.7 Å². The Kier molecular flexibility index (Phi) is 6.92. The predicted molar refractivity (Wildman–Crippen MR) is 128 cm³/mol. The van der Waals surface area contributed by atoms with Gasteiger partial charge in [0.05, 0.1) is 5.52 Å². The quantitative estimate of drug-likeness (QED) is 0.556. The van der Waals surface area contributed by atoms with Gasteiger partial charge in [0.2, 0.25) is 0 Å². The number of piperidine rings is 1. The molecule has 0 spiro atoms. The summed E-state index contributed by atoms with van der Waals surface area (Å²) in [5.41, 5.74) is 4.43. The third-order valence-corrected chi connectivity index (χ3v) is 6.36. The van der Waals surface area contributed by atoms with Crippen molar-refractivity contribution >= 4 is 22.8 Å². The van der Waals surface area contributed by atoms with Crippen LogP contribution in [-0.4, -0.2) is 46.1 Å². The Hall–Kier alpha value is -3.41. The van der Waals surface area contributed by atoms with Gasteiger partial charge in [0.1, 0.15) is 5.75 Å². The van der Waals surface area contributed by atoms with Crippen molar-refractivity contribution in [2.45, 2.75) is 45.6 Å². The molecule has 2 heterocycles. The van der Waals surface area contributed by atoms with Crippen LogP contribution >= 0.6 is 0 Å². The van der Waals surface area contributed by atoms with Crippen molar-refractivity contribution in [3.8, 4) is 16.9 Å². The standard InChI is InChI=1S/C27H30N2O4/c1-3-20-8-4-5-9-22(20)23-12-13-28-25-16-21(10-11-24(23)25)33-18(2)27(32)29-14-6-7-19(17-29)15-26(30)31/h4-5,8-13,16,18-19H,3,6-7,14-15,17H2,1-2H3,(H,30,31)/t18-,19-/m1/s1. The molecule has 33 heavy (non-hydrogen) atoms. The molecule has 1 fully saturated rings. The van der Waals surface area contributed by atoms with Crippen LogP contribution < -0.4 is 4.74 Å². The lowest BCUT2D eigenvalue weighted by molar-refractivity contribution is -0.143. The van der Waals surface area contributed by atoms with Crippen molar-refractivity contribution in [1.82, 2.24) is 9.88 Å². The zero-order valence-electron chi connectivity index (χ0n) is 19.2. The molecule has 1 aromatic heterocycles. The number of hydrogen-bond acceptors (Lipinski definition) is 4. The van der Waals surface area contributed by atoms with Crippen LogP contribution in [0.3, 0.4) is 0 Å². The molecular formula is C27H30N2O4. The zero-order chi connectivity index (χ0) is 23.4. The number of aliphatic carboxylic acids is 1. The van der Waals surface area contributed by atoms with Gasteiger partial charge in [-0.05, 0) is 67.0 Å². The topological polar surface area (TPSA) is 79.7 Å². The lowest BCUT2D eigenvalue weighted by atomic mass is 9.94. The van der Waals surface area contributed by atoms with Crippen LogP contribution in [0.2, 0.25) is 0 Å². The van der Waals surface area contributed by atoms with Gasteiger partial charge in [0.15, 0.2) is 6.10 Å². The highest BCUT2D eigenvalue weighted by Crippen LogP contribution is 2.32. The van der Waals surface area contributed by atoms with Gasteiger partial charge in [-0.25, -0.2) is 0 Å². The van der Waals surface area contributed by atoms with Crippen LogP contribution in [0, 0.1) is 5.92 Å². The van der Waals surface area contributed by atoms with Crippen molar-refractivity contribution in [1.29, 1.82) is 0 Å². The molecule has 0 saturated carbocycles. The van der Waals surface area contributed by atoms with Crippen molar-refractivity contribution < 1.29 is 19.4 Å². The smallest absolute Gasteiger partial charge is 0.303 e. The Morgan fingerprint density at radius 3 is 2.79 bits per heavy atom. The average molecular weight is 447 g/mol. The summed E-state index contributed by atoms with van der Waals surface area (Å²) >= 11 is 0. The Labute approximate surface area is 194 Å². The first-order valence-corrected chi connectivity index (χ1v) is 11.6. The van der Waals surface area contributed by atoms with Gasteiger partial charge in [-0.2, -0.15) is 0 Å². The summed E-state index contributed by atoms with van der Waals surface area (Å²) < 4.78 is 6.00. The highest BCUT2D eigenvalue weighted by molar-refractivity contribution is 5.95. The fraction of sp³-hybridized carbons (Fsp3) is 0.370. The van der Waals surface area contributed by atoms with Crippen LogP contribution in [0.1, 0.15) is 38.7 Å². The number of hydrogen-bond donors (Lipinski definition) is 1. The lowest BCUT2D eigenvalue weighted by Crippen LogP contribution is -2.46. The molecule has 0 radical (unpaired) electrons. The first-order valence-electron chi connectivity index (χ1n) is 11.6. The van der Waals surface area contributed by atoms with Crippen LogP contribution in [0.4, 0.5) is 0 Å². The van der Waals surface area contributed by atoms with E-state index in [4.69, 9.17) is 9.84 Å². The van der Waals surface area contributed by atoms with E-state index in [1.165, 1.54) is 11.1 Å². The molecule has 0 bridgehead atoms. The number of rotatable bonds is 7. The number of ether oxygens (including phenoxy) is 1. The lowest BCUT2D eigenvalue weighted by Gasteiger charge is -2.33. The summed E-state index contributed by atoms with van der Waals surface area (Å²) in [6.07, 6.45) is 3.85. The summed E-state index contributed by atoms with van der Waals surface area (Å²) in [6, 6.07) is 16.2. The van der Waals surface area contributed by atoms with Crippen molar-refractivity contribution in [2.24, 2.45) is 5.92 Å². The second kappa shape index (κ2) is 10.0.